The molecule has 0 radical (unpaired) electrons. The summed E-state index contributed by atoms with van der Waals surface area (Å²) < 4.78 is 0. The highest BCUT2D eigenvalue weighted by atomic mass is 16.3. The molecule has 1 saturated heterocycles. The third kappa shape index (κ3) is 3.30. The van der Waals surface area contributed by atoms with E-state index in [9.17, 15) is 9.59 Å². The van der Waals surface area contributed by atoms with Crippen LogP contribution in [-0.4, -0.2) is 35.0 Å². The molecule has 1 unspecified atom stereocenters. The lowest BCUT2D eigenvalue weighted by Gasteiger charge is -2.01. The van der Waals surface area contributed by atoms with Gasteiger partial charge in [-0.05, 0) is 19.3 Å². The molecule has 1 atom stereocenters. The Hall–Kier alpha value is -1.16. The summed E-state index contributed by atoms with van der Waals surface area (Å²) in [5, 5.41) is 8.64. The van der Waals surface area contributed by atoms with Crippen LogP contribution >= 0.6 is 0 Å². The number of nitrogens with zero attached hydrogens (tertiary/aromatic N) is 1. The molecular formula is C10H15NO3. The first-order valence-corrected chi connectivity index (χ1v) is 4.83. The maximum atomic E-state index is 10.5. The van der Waals surface area contributed by atoms with E-state index in [1.165, 1.54) is 4.90 Å². The maximum Gasteiger partial charge on any atom is 0.229 e. The standard InChI is InChI=1S/C5H7NO2.C5H8O/c7-4-6-3-1-2-5(6)8;6-5-3-1-2-4-5/h4H,1-3H2;1,3,5-6H,2,4H2. The average molecular weight is 197 g/mol. The Bertz CT molecular complexity index is 238. The first-order valence-electron chi connectivity index (χ1n) is 4.83. The quantitative estimate of drug-likeness (QED) is 0.491. The predicted octanol–water partition coefficient (Wildman–Crippen LogP) is 0.463. The third-order valence-corrected chi connectivity index (χ3v) is 2.22. The van der Waals surface area contributed by atoms with Gasteiger partial charge in [0.15, 0.2) is 0 Å². The van der Waals surface area contributed by atoms with Gasteiger partial charge in [-0.3, -0.25) is 14.5 Å². The minimum atomic E-state index is -0.134. The summed E-state index contributed by atoms with van der Waals surface area (Å²) in [6.45, 7) is 0.613. The van der Waals surface area contributed by atoms with Crippen molar-refractivity contribution in [2.24, 2.45) is 0 Å². The lowest BCUT2D eigenvalue weighted by Crippen LogP contribution is -2.21. The highest BCUT2D eigenvalue weighted by Crippen LogP contribution is 2.07. The molecule has 4 heteroatoms. The largest absolute Gasteiger partial charge is 0.389 e. The fourth-order valence-electron chi connectivity index (χ4n) is 1.40. The van der Waals surface area contributed by atoms with E-state index in [1.807, 2.05) is 12.2 Å². The Balaban J connectivity index is 0.000000146. The van der Waals surface area contributed by atoms with Gasteiger partial charge in [0.1, 0.15) is 0 Å². The number of hydrogen-bond acceptors (Lipinski definition) is 3. The normalized spacial score (nSPS) is 24.8. The molecule has 0 aromatic rings. The molecule has 1 N–H and O–H groups in total. The van der Waals surface area contributed by atoms with E-state index < -0.39 is 0 Å². The molecular weight excluding hydrogens is 182 g/mol. The van der Waals surface area contributed by atoms with Crippen molar-refractivity contribution in [3.63, 3.8) is 0 Å². The topological polar surface area (TPSA) is 57.6 Å². The van der Waals surface area contributed by atoms with Crippen LogP contribution in [0.1, 0.15) is 25.7 Å². The minimum absolute atomic E-state index is 0.0417. The lowest BCUT2D eigenvalue weighted by molar-refractivity contribution is -0.134. The van der Waals surface area contributed by atoms with Gasteiger partial charge in [-0.15, -0.1) is 0 Å². The Kier molecular flexibility index (Phi) is 4.32. The smallest absolute Gasteiger partial charge is 0.229 e. The summed E-state index contributed by atoms with van der Waals surface area (Å²) >= 11 is 0. The van der Waals surface area contributed by atoms with Gasteiger partial charge in [0.2, 0.25) is 12.3 Å². The molecule has 2 amide bonds. The summed E-state index contributed by atoms with van der Waals surface area (Å²) in [4.78, 5) is 21.6. The van der Waals surface area contributed by atoms with Crippen molar-refractivity contribution in [2.75, 3.05) is 6.54 Å². The molecule has 78 valence electrons. The van der Waals surface area contributed by atoms with Crippen LogP contribution in [0.4, 0.5) is 0 Å². The van der Waals surface area contributed by atoms with Crippen LogP contribution in [-0.2, 0) is 9.59 Å². The fourth-order valence-corrected chi connectivity index (χ4v) is 1.40. The second-order valence-electron chi connectivity index (χ2n) is 3.37. The van der Waals surface area contributed by atoms with Crippen LogP contribution in [0.5, 0.6) is 0 Å². The summed E-state index contributed by atoms with van der Waals surface area (Å²) in [7, 11) is 0. The van der Waals surface area contributed by atoms with Gasteiger partial charge in [0.25, 0.3) is 0 Å². The number of amides is 2. The van der Waals surface area contributed by atoms with Gasteiger partial charge >= 0.3 is 0 Å². The number of aliphatic hydroxyl groups excluding tert-OH is 1. The van der Waals surface area contributed by atoms with Crippen LogP contribution in [0.15, 0.2) is 12.2 Å². The Labute approximate surface area is 83.2 Å². The molecule has 4 nitrogen and oxygen atoms in total. The molecule has 0 saturated carbocycles. The Morgan fingerprint density at radius 2 is 2.36 bits per heavy atom. The van der Waals surface area contributed by atoms with Gasteiger partial charge in [-0.25, -0.2) is 0 Å². The first-order chi connectivity index (χ1) is 6.74. The molecule has 0 spiro atoms. The van der Waals surface area contributed by atoms with E-state index in [4.69, 9.17) is 5.11 Å². The Morgan fingerprint density at radius 1 is 1.57 bits per heavy atom. The number of rotatable bonds is 1. The van der Waals surface area contributed by atoms with Gasteiger partial charge in [-0.1, -0.05) is 12.2 Å². The molecule has 1 heterocycles. The second-order valence-corrected chi connectivity index (χ2v) is 3.37. The van der Waals surface area contributed by atoms with Crippen molar-refractivity contribution < 1.29 is 14.7 Å². The van der Waals surface area contributed by atoms with E-state index in [0.29, 0.717) is 19.4 Å². The number of carbonyl (C=O) groups excluding carboxylic acids is 2. The first kappa shape index (κ1) is 10.9. The number of aliphatic hydroxyl groups is 1. The zero-order valence-corrected chi connectivity index (χ0v) is 8.06. The van der Waals surface area contributed by atoms with E-state index >= 15 is 0 Å². The van der Waals surface area contributed by atoms with E-state index in [1.54, 1.807) is 0 Å². The van der Waals surface area contributed by atoms with Gasteiger partial charge in [-0.2, -0.15) is 0 Å². The highest BCUT2D eigenvalue weighted by molar-refractivity contribution is 5.87. The molecule has 0 aromatic heterocycles. The number of allylic oxidation sites excluding steroid dienone is 1. The summed E-state index contributed by atoms with van der Waals surface area (Å²) in [6.07, 6.45) is 7.65. The van der Waals surface area contributed by atoms with Crippen LogP contribution in [0.3, 0.4) is 0 Å². The van der Waals surface area contributed by atoms with Crippen LogP contribution < -0.4 is 0 Å². The van der Waals surface area contributed by atoms with Crippen molar-refractivity contribution in [2.45, 2.75) is 31.8 Å². The van der Waals surface area contributed by atoms with Gasteiger partial charge in [0.05, 0.1) is 6.10 Å². The summed E-state index contributed by atoms with van der Waals surface area (Å²) in [6, 6.07) is 0. The van der Waals surface area contributed by atoms with Gasteiger partial charge in [0, 0.05) is 13.0 Å². The molecule has 1 aliphatic heterocycles. The molecule has 1 fully saturated rings. The summed E-state index contributed by atoms with van der Waals surface area (Å²) in [5.41, 5.74) is 0. The Morgan fingerprint density at radius 3 is 2.57 bits per heavy atom. The van der Waals surface area contributed by atoms with Crippen molar-refractivity contribution in [1.29, 1.82) is 0 Å². The SMILES string of the molecule is O=CN1CCCC1=O.OC1C=CCC1. The summed E-state index contributed by atoms with van der Waals surface area (Å²) in [5.74, 6) is -0.0417. The van der Waals surface area contributed by atoms with Crippen molar-refractivity contribution in [1.82, 2.24) is 4.90 Å². The minimum Gasteiger partial charge on any atom is -0.389 e. The number of hydrogen-bond donors (Lipinski definition) is 1. The van der Waals surface area contributed by atoms with E-state index in [2.05, 4.69) is 0 Å². The van der Waals surface area contributed by atoms with Crippen LogP contribution in [0.25, 0.3) is 0 Å². The average Bonchev–Trinajstić information content (AvgIpc) is 2.77. The monoisotopic (exact) mass is 197 g/mol. The van der Waals surface area contributed by atoms with Crippen LogP contribution in [0.2, 0.25) is 0 Å². The van der Waals surface area contributed by atoms with Crippen molar-refractivity contribution >= 4 is 12.3 Å². The maximum absolute atomic E-state index is 10.5. The number of imide groups is 1. The molecule has 0 aromatic carbocycles. The van der Waals surface area contributed by atoms with Crippen LogP contribution in [0, 0.1) is 0 Å². The molecule has 1 aliphatic carbocycles. The lowest BCUT2D eigenvalue weighted by atomic mass is 10.3. The zero-order valence-electron chi connectivity index (χ0n) is 8.06. The third-order valence-electron chi connectivity index (χ3n) is 2.22. The van der Waals surface area contributed by atoms with Crippen molar-refractivity contribution in [3.05, 3.63) is 12.2 Å². The number of likely N-dealkylation sites (tertiary alicyclic amines) is 1. The molecule has 0 bridgehead atoms. The molecule has 14 heavy (non-hydrogen) atoms. The molecule has 2 rings (SSSR count). The number of carbonyl (C=O) groups is 2. The van der Waals surface area contributed by atoms with Gasteiger partial charge < -0.3 is 5.11 Å². The zero-order chi connectivity index (χ0) is 10.4. The molecule has 2 aliphatic rings. The second kappa shape index (κ2) is 5.54. The van der Waals surface area contributed by atoms with E-state index in [0.717, 1.165) is 19.3 Å². The highest BCUT2D eigenvalue weighted by Gasteiger charge is 2.18. The van der Waals surface area contributed by atoms with Crippen molar-refractivity contribution in [3.8, 4) is 0 Å². The fraction of sp³-hybridized carbons (Fsp3) is 0.600. The van der Waals surface area contributed by atoms with E-state index in [-0.39, 0.29) is 12.0 Å². The predicted molar refractivity (Wildman–Crippen MR) is 51.4 cm³/mol.